The third kappa shape index (κ3) is 4.12. The summed E-state index contributed by atoms with van der Waals surface area (Å²) in [5.74, 6) is -3.09. The molecule has 1 aliphatic rings. The summed E-state index contributed by atoms with van der Waals surface area (Å²) in [4.78, 5) is 36.1. The Morgan fingerprint density at radius 3 is 2.64 bits per heavy atom. The van der Waals surface area contributed by atoms with E-state index in [-0.39, 0.29) is 4.48 Å². The Morgan fingerprint density at radius 1 is 1.23 bits per heavy atom. The van der Waals surface area contributed by atoms with Crippen molar-refractivity contribution in [3.05, 3.63) is 62.0 Å². The van der Waals surface area contributed by atoms with Crippen LogP contribution in [-0.2, 0) is 14.4 Å². The van der Waals surface area contributed by atoms with Gasteiger partial charge in [-0.1, -0.05) is 51.8 Å². The molecule has 3 nitrogen and oxygen atoms in total. The number of carbonyl (C=O) groups excluding carboxylic acids is 3. The van der Waals surface area contributed by atoms with Crippen LogP contribution in [0.3, 0.4) is 0 Å². The van der Waals surface area contributed by atoms with Crippen LogP contribution in [0.15, 0.2) is 51.5 Å². The SMILES string of the molecule is O=C1C(=O)C(C(=O)/C=C/c2cccc(Cl)c2)C=C(Br)C=C1Br. The summed E-state index contributed by atoms with van der Waals surface area (Å²) in [5.41, 5.74) is 0.732. The van der Waals surface area contributed by atoms with Gasteiger partial charge in [-0.2, -0.15) is 0 Å². The summed E-state index contributed by atoms with van der Waals surface area (Å²) in [5, 5.41) is 0.547. The van der Waals surface area contributed by atoms with Gasteiger partial charge in [0.05, 0.1) is 4.48 Å². The highest BCUT2D eigenvalue weighted by molar-refractivity contribution is 9.12. The second-order valence-electron chi connectivity index (χ2n) is 4.51. The van der Waals surface area contributed by atoms with Gasteiger partial charge in [-0.3, -0.25) is 14.4 Å². The van der Waals surface area contributed by atoms with Crippen molar-refractivity contribution in [2.45, 2.75) is 0 Å². The van der Waals surface area contributed by atoms with E-state index >= 15 is 0 Å². The van der Waals surface area contributed by atoms with E-state index in [9.17, 15) is 14.4 Å². The fourth-order valence-electron chi connectivity index (χ4n) is 1.83. The monoisotopic (exact) mass is 442 g/mol. The maximum atomic E-state index is 12.2. The van der Waals surface area contributed by atoms with Gasteiger partial charge in [-0.05, 0) is 45.8 Å². The van der Waals surface area contributed by atoms with Crippen LogP contribution >= 0.6 is 43.5 Å². The lowest BCUT2D eigenvalue weighted by Gasteiger charge is -2.05. The highest BCUT2D eigenvalue weighted by atomic mass is 79.9. The van der Waals surface area contributed by atoms with Crippen LogP contribution < -0.4 is 0 Å². The lowest BCUT2D eigenvalue weighted by Crippen LogP contribution is -2.27. The molecule has 22 heavy (non-hydrogen) atoms. The molecule has 112 valence electrons. The summed E-state index contributed by atoms with van der Waals surface area (Å²) in [7, 11) is 0. The van der Waals surface area contributed by atoms with Crippen molar-refractivity contribution in [2.75, 3.05) is 0 Å². The van der Waals surface area contributed by atoms with Crippen molar-refractivity contribution in [1.82, 2.24) is 0 Å². The lowest BCUT2D eigenvalue weighted by atomic mass is 9.96. The van der Waals surface area contributed by atoms with Gasteiger partial charge in [0.25, 0.3) is 0 Å². The van der Waals surface area contributed by atoms with Crippen LogP contribution in [-0.4, -0.2) is 17.3 Å². The molecule has 1 aromatic carbocycles. The number of Topliss-reactive ketones (excluding diaryl/α,β-unsaturated/α-hetero) is 2. The van der Waals surface area contributed by atoms with E-state index in [1.807, 2.05) is 0 Å². The minimum atomic E-state index is -1.14. The third-order valence-electron chi connectivity index (χ3n) is 2.91. The normalized spacial score (nSPS) is 19.0. The zero-order chi connectivity index (χ0) is 16.3. The smallest absolute Gasteiger partial charge is 0.236 e. The second kappa shape index (κ2) is 7.31. The van der Waals surface area contributed by atoms with Crippen molar-refractivity contribution >= 4 is 66.9 Å². The zero-order valence-electron chi connectivity index (χ0n) is 11.1. The first-order chi connectivity index (χ1) is 10.4. The summed E-state index contributed by atoms with van der Waals surface area (Å²) < 4.78 is 0.614. The van der Waals surface area contributed by atoms with Crippen molar-refractivity contribution in [2.24, 2.45) is 5.92 Å². The van der Waals surface area contributed by atoms with E-state index in [4.69, 9.17) is 11.6 Å². The van der Waals surface area contributed by atoms with Gasteiger partial charge in [0, 0.05) is 9.51 Å². The highest BCUT2D eigenvalue weighted by Crippen LogP contribution is 2.24. The number of carbonyl (C=O) groups is 3. The molecule has 1 atom stereocenters. The molecule has 0 aromatic heterocycles. The largest absolute Gasteiger partial charge is 0.294 e. The quantitative estimate of drug-likeness (QED) is 0.398. The van der Waals surface area contributed by atoms with E-state index in [1.54, 1.807) is 30.3 Å². The van der Waals surface area contributed by atoms with Gasteiger partial charge < -0.3 is 0 Å². The molecule has 0 saturated carbocycles. The molecule has 1 aliphatic carbocycles. The van der Waals surface area contributed by atoms with E-state index in [0.717, 1.165) is 5.56 Å². The maximum absolute atomic E-state index is 12.2. The van der Waals surface area contributed by atoms with E-state index < -0.39 is 23.3 Å². The van der Waals surface area contributed by atoms with Gasteiger partial charge >= 0.3 is 0 Å². The van der Waals surface area contributed by atoms with Crippen LogP contribution in [0.5, 0.6) is 0 Å². The Morgan fingerprint density at radius 2 is 1.95 bits per heavy atom. The minimum Gasteiger partial charge on any atom is -0.294 e. The van der Waals surface area contributed by atoms with Crippen LogP contribution in [0, 0.1) is 5.92 Å². The standard InChI is InChI=1S/C16H9Br2ClO3/c17-10-7-12(15(21)16(22)13(18)8-10)14(20)5-4-9-2-1-3-11(19)6-9/h1-8,12H/b5-4+. The first-order valence-corrected chi connectivity index (χ1v) is 8.15. The molecule has 0 radical (unpaired) electrons. The summed E-state index contributed by atoms with van der Waals surface area (Å²) in [6.07, 6.45) is 5.70. The van der Waals surface area contributed by atoms with Gasteiger partial charge in [0.15, 0.2) is 5.78 Å². The average Bonchev–Trinajstić information content (AvgIpc) is 2.57. The molecule has 2 rings (SSSR count). The van der Waals surface area contributed by atoms with Crippen molar-refractivity contribution in [3.63, 3.8) is 0 Å². The number of ketones is 3. The van der Waals surface area contributed by atoms with Gasteiger partial charge in [-0.15, -0.1) is 0 Å². The minimum absolute atomic E-state index is 0.120. The van der Waals surface area contributed by atoms with E-state index in [1.165, 1.54) is 18.2 Å². The number of allylic oxidation sites excluding steroid dienone is 5. The number of benzene rings is 1. The van der Waals surface area contributed by atoms with E-state index in [2.05, 4.69) is 31.9 Å². The summed E-state index contributed by atoms with van der Waals surface area (Å²) in [6, 6.07) is 6.94. The first-order valence-electron chi connectivity index (χ1n) is 6.19. The molecule has 6 heteroatoms. The Balaban J connectivity index is 2.24. The molecular weight excluding hydrogens is 435 g/mol. The highest BCUT2D eigenvalue weighted by Gasteiger charge is 2.31. The Hall–Kier alpha value is -1.30. The molecule has 0 heterocycles. The van der Waals surface area contributed by atoms with Crippen LogP contribution in [0.1, 0.15) is 5.56 Å². The molecule has 0 bridgehead atoms. The molecule has 1 aromatic rings. The summed E-state index contributed by atoms with van der Waals surface area (Å²) >= 11 is 12.1. The number of rotatable bonds is 3. The zero-order valence-corrected chi connectivity index (χ0v) is 15.0. The van der Waals surface area contributed by atoms with Gasteiger partial charge in [-0.25, -0.2) is 0 Å². The molecule has 0 saturated heterocycles. The molecule has 1 unspecified atom stereocenters. The number of hydrogen-bond acceptors (Lipinski definition) is 3. The number of halogens is 3. The van der Waals surface area contributed by atoms with Crippen molar-refractivity contribution in [1.29, 1.82) is 0 Å². The first kappa shape index (κ1) is 17.1. The summed E-state index contributed by atoms with van der Waals surface area (Å²) in [6.45, 7) is 0. The van der Waals surface area contributed by atoms with Crippen LogP contribution in [0.4, 0.5) is 0 Å². The van der Waals surface area contributed by atoms with Crippen LogP contribution in [0.25, 0.3) is 6.08 Å². The third-order valence-corrected chi connectivity index (χ3v) is 4.23. The Bertz CT molecular complexity index is 748. The fourth-order valence-corrected chi connectivity index (χ4v) is 3.27. The predicted octanol–water partition coefficient (Wildman–Crippen LogP) is 4.25. The molecular formula is C16H9Br2ClO3. The van der Waals surface area contributed by atoms with Crippen molar-refractivity contribution in [3.8, 4) is 0 Å². The van der Waals surface area contributed by atoms with Crippen LogP contribution in [0.2, 0.25) is 5.02 Å². The molecule has 0 fully saturated rings. The lowest BCUT2D eigenvalue weighted by molar-refractivity contribution is -0.138. The Labute approximate surface area is 149 Å². The molecule has 0 aliphatic heterocycles. The molecule has 0 amide bonds. The molecule has 0 spiro atoms. The second-order valence-corrected chi connectivity index (χ2v) is 6.71. The fraction of sp³-hybridized carbons (Fsp3) is 0.0625. The van der Waals surface area contributed by atoms with E-state index in [0.29, 0.717) is 9.51 Å². The maximum Gasteiger partial charge on any atom is 0.236 e. The molecule has 0 N–H and O–H groups in total. The number of hydrogen-bond donors (Lipinski definition) is 0. The van der Waals surface area contributed by atoms with Gasteiger partial charge in [0.2, 0.25) is 11.6 Å². The average molecular weight is 445 g/mol. The Kier molecular flexibility index (Phi) is 5.67. The predicted molar refractivity (Wildman–Crippen MR) is 93.0 cm³/mol. The topological polar surface area (TPSA) is 51.2 Å². The van der Waals surface area contributed by atoms with Gasteiger partial charge in [0.1, 0.15) is 5.92 Å². The van der Waals surface area contributed by atoms with Crippen molar-refractivity contribution < 1.29 is 14.4 Å².